The fourth-order valence-corrected chi connectivity index (χ4v) is 3.24. The van der Waals surface area contributed by atoms with E-state index in [4.69, 9.17) is 11.6 Å². The number of carbonyl (C=O) groups is 1. The molecular formula is C17H26ClN3O. The summed E-state index contributed by atoms with van der Waals surface area (Å²) in [6, 6.07) is 8.97. The molecule has 4 nitrogen and oxygen atoms in total. The van der Waals surface area contributed by atoms with Crippen LogP contribution >= 0.6 is 11.6 Å². The first-order valence-corrected chi connectivity index (χ1v) is 8.33. The molecule has 1 saturated heterocycles. The van der Waals surface area contributed by atoms with Gasteiger partial charge in [-0.2, -0.15) is 0 Å². The van der Waals surface area contributed by atoms with Crippen molar-refractivity contribution < 1.29 is 4.79 Å². The van der Waals surface area contributed by atoms with Gasteiger partial charge in [0.15, 0.2) is 0 Å². The van der Waals surface area contributed by atoms with Crippen LogP contribution in [-0.4, -0.2) is 42.5 Å². The predicted octanol–water partition coefficient (Wildman–Crippen LogP) is 2.59. The zero-order valence-electron chi connectivity index (χ0n) is 13.6. The number of benzene rings is 1. The maximum absolute atomic E-state index is 11.2. The largest absolute Gasteiger partial charge is 0.352 e. The third kappa shape index (κ3) is 5.27. The van der Waals surface area contributed by atoms with E-state index in [2.05, 4.69) is 35.4 Å². The zero-order valence-corrected chi connectivity index (χ0v) is 14.4. The number of likely N-dealkylation sites (tertiary alicyclic amines) is 1. The lowest BCUT2D eigenvalue weighted by atomic mass is 10.1. The van der Waals surface area contributed by atoms with Crippen molar-refractivity contribution in [1.29, 1.82) is 0 Å². The van der Waals surface area contributed by atoms with Gasteiger partial charge in [-0.15, -0.1) is 0 Å². The number of nitrogens with one attached hydrogen (secondary N) is 2. The third-order valence-electron chi connectivity index (χ3n) is 3.91. The molecule has 0 saturated carbocycles. The Morgan fingerprint density at radius 2 is 2.23 bits per heavy atom. The van der Waals surface area contributed by atoms with Crippen LogP contribution in [0.5, 0.6) is 0 Å². The lowest BCUT2D eigenvalue weighted by Gasteiger charge is -2.27. The lowest BCUT2D eigenvalue weighted by Crippen LogP contribution is -2.39. The number of hydrogen-bond donors (Lipinski definition) is 2. The molecule has 2 rings (SSSR count). The van der Waals surface area contributed by atoms with Crippen molar-refractivity contribution in [3.8, 4) is 0 Å². The Bertz CT molecular complexity index is 506. The molecule has 1 heterocycles. The molecule has 1 unspecified atom stereocenters. The van der Waals surface area contributed by atoms with Crippen molar-refractivity contribution in [1.82, 2.24) is 15.5 Å². The number of amides is 1. The van der Waals surface area contributed by atoms with Gasteiger partial charge < -0.3 is 10.6 Å². The summed E-state index contributed by atoms with van der Waals surface area (Å²) in [6.07, 6.45) is 1.02. The number of rotatable bonds is 6. The molecule has 22 heavy (non-hydrogen) atoms. The minimum atomic E-state index is 0.0542. The monoisotopic (exact) mass is 323 g/mol. The van der Waals surface area contributed by atoms with Crippen LogP contribution in [0.3, 0.4) is 0 Å². The van der Waals surface area contributed by atoms with E-state index in [-0.39, 0.29) is 18.0 Å². The number of hydrogen-bond acceptors (Lipinski definition) is 3. The van der Waals surface area contributed by atoms with E-state index in [0.717, 1.165) is 31.1 Å². The quantitative estimate of drug-likeness (QED) is 0.845. The molecule has 1 aliphatic rings. The van der Waals surface area contributed by atoms with Crippen LogP contribution in [0.1, 0.15) is 38.8 Å². The van der Waals surface area contributed by atoms with E-state index in [9.17, 15) is 4.79 Å². The average Bonchev–Trinajstić information content (AvgIpc) is 2.84. The fourth-order valence-electron chi connectivity index (χ4n) is 3.04. The Labute approximate surface area is 138 Å². The van der Waals surface area contributed by atoms with Gasteiger partial charge in [-0.3, -0.25) is 9.69 Å². The molecule has 0 spiro atoms. The molecular weight excluding hydrogens is 298 g/mol. The van der Waals surface area contributed by atoms with Crippen LogP contribution in [0.2, 0.25) is 5.02 Å². The molecule has 0 aliphatic carbocycles. The molecule has 1 fully saturated rings. The van der Waals surface area contributed by atoms with E-state index < -0.39 is 0 Å². The van der Waals surface area contributed by atoms with E-state index in [1.54, 1.807) is 6.92 Å². The Morgan fingerprint density at radius 3 is 2.86 bits per heavy atom. The molecule has 0 aromatic heterocycles. The lowest BCUT2D eigenvalue weighted by molar-refractivity contribution is -0.119. The summed E-state index contributed by atoms with van der Waals surface area (Å²) in [5.41, 5.74) is 1.21. The molecule has 1 aromatic rings. The first-order chi connectivity index (χ1) is 10.4. The van der Waals surface area contributed by atoms with Crippen LogP contribution in [0.15, 0.2) is 24.3 Å². The highest BCUT2D eigenvalue weighted by Crippen LogP contribution is 2.21. The minimum absolute atomic E-state index is 0.0542. The van der Waals surface area contributed by atoms with Gasteiger partial charge in [0.2, 0.25) is 5.91 Å². The molecule has 1 aliphatic heterocycles. The number of halogens is 1. The van der Waals surface area contributed by atoms with E-state index in [1.165, 1.54) is 5.56 Å². The Balaban J connectivity index is 2.00. The summed E-state index contributed by atoms with van der Waals surface area (Å²) in [4.78, 5) is 13.6. The first kappa shape index (κ1) is 17.3. The van der Waals surface area contributed by atoms with Gasteiger partial charge in [0.25, 0.3) is 0 Å². The van der Waals surface area contributed by atoms with Gasteiger partial charge in [-0.05, 0) is 24.1 Å². The highest BCUT2D eigenvalue weighted by Gasteiger charge is 2.26. The third-order valence-corrected chi connectivity index (χ3v) is 4.14. The van der Waals surface area contributed by atoms with Gasteiger partial charge in [0.1, 0.15) is 0 Å². The van der Waals surface area contributed by atoms with Gasteiger partial charge in [-0.25, -0.2) is 0 Å². The van der Waals surface area contributed by atoms with E-state index >= 15 is 0 Å². The summed E-state index contributed by atoms with van der Waals surface area (Å²) in [7, 11) is 0. The minimum Gasteiger partial charge on any atom is -0.352 e. The van der Waals surface area contributed by atoms with Crippen LogP contribution in [-0.2, 0) is 4.79 Å². The molecule has 122 valence electrons. The average molecular weight is 324 g/mol. The smallest absolute Gasteiger partial charge is 0.217 e. The van der Waals surface area contributed by atoms with Gasteiger partial charge >= 0.3 is 0 Å². The number of carbonyl (C=O) groups excluding carboxylic acids is 1. The predicted molar refractivity (Wildman–Crippen MR) is 91.1 cm³/mol. The summed E-state index contributed by atoms with van der Waals surface area (Å²) in [5, 5.41) is 7.40. The molecule has 0 radical (unpaired) electrons. The van der Waals surface area contributed by atoms with Gasteiger partial charge in [0.05, 0.1) is 0 Å². The topological polar surface area (TPSA) is 44.4 Å². The van der Waals surface area contributed by atoms with Crippen molar-refractivity contribution in [2.45, 2.75) is 45.3 Å². The summed E-state index contributed by atoms with van der Waals surface area (Å²) in [5.74, 6) is 0.0542. The summed E-state index contributed by atoms with van der Waals surface area (Å²) in [6.45, 7) is 8.74. The Kier molecular flexibility index (Phi) is 6.24. The second kappa shape index (κ2) is 7.95. The molecule has 2 N–H and O–H groups in total. The van der Waals surface area contributed by atoms with Crippen molar-refractivity contribution in [2.75, 3.05) is 19.6 Å². The standard InChI is InChI=1S/C17H26ClN3O/c1-12(2)19-17(14-5-4-6-15(18)9-14)11-21-8-7-16(10-21)20-13(3)22/h4-6,9,12,16-17,19H,7-8,10-11H2,1-3H3,(H,20,22)/t16?,17-/m0/s1. The second-order valence-electron chi connectivity index (χ2n) is 6.37. The SMILES string of the molecule is CC(=O)NC1CCN(C[C@H](NC(C)C)c2cccc(Cl)c2)C1. The van der Waals surface area contributed by atoms with E-state index in [0.29, 0.717) is 6.04 Å². The van der Waals surface area contributed by atoms with Crippen LogP contribution < -0.4 is 10.6 Å². The van der Waals surface area contributed by atoms with Crippen LogP contribution in [0.4, 0.5) is 0 Å². The molecule has 1 amide bonds. The maximum Gasteiger partial charge on any atom is 0.217 e. The normalized spacial score (nSPS) is 20.3. The summed E-state index contributed by atoms with van der Waals surface area (Å²) >= 11 is 6.13. The van der Waals surface area contributed by atoms with Crippen molar-refractivity contribution >= 4 is 17.5 Å². The van der Waals surface area contributed by atoms with Crippen molar-refractivity contribution in [3.05, 3.63) is 34.9 Å². The highest BCUT2D eigenvalue weighted by molar-refractivity contribution is 6.30. The van der Waals surface area contributed by atoms with Crippen LogP contribution in [0.25, 0.3) is 0 Å². The molecule has 2 atom stereocenters. The Morgan fingerprint density at radius 1 is 1.45 bits per heavy atom. The van der Waals surface area contributed by atoms with Gasteiger partial charge in [0, 0.05) is 49.7 Å². The van der Waals surface area contributed by atoms with Gasteiger partial charge in [-0.1, -0.05) is 37.6 Å². The second-order valence-corrected chi connectivity index (χ2v) is 6.81. The Hall–Kier alpha value is -1.10. The fraction of sp³-hybridized carbons (Fsp3) is 0.588. The first-order valence-electron chi connectivity index (χ1n) is 7.95. The highest BCUT2D eigenvalue weighted by atomic mass is 35.5. The molecule has 5 heteroatoms. The van der Waals surface area contributed by atoms with Crippen LogP contribution in [0, 0.1) is 0 Å². The summed E-state index contributed by atoms with van der Waals surface area (Å²) < 4.78 is 0. The zero-order chi connectivity index (χ0) is 16.1. The molecule has 1 aromatic carbocycles. The number of nitrogens with zero attached hydrogens (tertiary/aromatic N) is 1. The molecule has 0 bridgehead atoms. The van der Waals surface area contributed by atoms with E-state index in [1.807, 2.05) is 18.2 Å². The van der Waals surface area contributed by atoms with Crippen molar-refractivity contribution in [2.24, 2.45) is 0 Å². The van der Waals surface area contributed by atoms with Crippen molar-refractivity contribution in [3.63, 3.8) is 0 Å². The maximum atomic E-state index is 11.2.